The normalized spacial score (nSPS) is 24.8. The predicted octanol–water partition coefficient (Wildman–Crippen LogP) is 3.54. The number of halogens is 1. The van der Waals surface area contributed by atoms with Crippen molar-refractivity contribution in [3.63, 3.8) is 0 Å². The highest BCUT2D eigenvalue weighted by atomic mass is 19.1. The third-order valence-electron chi connectivity index (χ3n) is 7.25. The van der Waals surface area contributed by atoms with Crippen LogP contribution in [0.25, 0.3) is 0 Å². The van der Waals surface area contributed by atoms with Crippen LogP contribution >= 0.6 is 0 Å². The average molecular weight is 416 g/mol. The van der Waals surface area contributed by atoms with Gasteiger partial charge in [-0.15, -0.1) is 0 Å². The van der Waals surface area contributed by atoms with E-state index >= 15 is 0 Å². The van der Waals surface area contributed by atoms with Crippen molar-refractivity contribution in [3.05, 3.63) is 35.6 Å². The lowest BCUT2D eigenvalue weighted by molar-refractivity contribution is -0.143. The molecular weight excluding hydrogens is 381 g/mol. The molecule has 0 bridgehead atoms. The Morgan fingerprint density at radius 1 is 0.967 bits per heavy atom. The summed E-state index contributed by atoms with van der Waals surface area (Å²) >= 11 is 0. The van der Waals surface area contributed by atoms with Gasteiger partial charge in [0.25, 0.3) is 5.91 Å². The van der Waals surface area contributed by atoms with E-state index in [4.69, 9.17) is 0 Å². The van der Waals surface area contributed by atoms with Gasteiger partial charge in [-0.25, -0.2) is 4.39 Å². The van der Waals surface area contributed by atoms with Crippen LogP contribution < -0.4 is 0 Å². The molecule has 3 aliphatic rings. The van der Waals surface area contributed by atoms with Crippen LogP contribution in [-0.4, -0.2) is 71.3 Å². The minimum absolute atomic E-state index is 0.0560. The second kappa shape index (κ2) is 9.46. The van der Waals surface area contributed by atoms with Gasteiger partial charge in [0, 0.05) is 44.3 Å². The van der Waals surface area contributed by atoms with Crippen LogP contribution in [0.3, 0.4) is 0 Å². The van der Waals surface area contributed by atoms with Crippen molar-refractivity contribution < 1.29 is 14.0 Å². The van der Waals surface area contributed by atoms with Crippen molar-refractivity contribution in [2.45, 2.75) is 64.0 Å². The zero-order valence-electron chi connectivity index (χ0n) is 18.1. The average Bonchev–Trinajstić information content (AvgIpc) is 3.28. The molecule has 1 aromatic carbocycles. The van der Waals surface area contributed by atoms with Crippen LogP contribution in [0, 0.1) is 11.7 Å². The predicted molar refractivity (Wildman–Crippen MR) is 115 cm³/mol. The number of benzene rings is 1. The molecule has 2 atom stereocenters. The van der Waals surface area contributed by atoms with Crippen molar-refractivity contribution in [2.75, 3.05) is 32.7 Å². The zero-order chi connectivity index (χ0) is 21.1. The van der Waals surface area contributed by atoms with E-state index in [0.717, 1.165) is 32.2 Å². The monoisotopic (exact) mass is 415 g/mol. The molecule has 2 aliphatic heterocycles. The number of piperidine rings is 1. The highest BCUT2D eigenvalue weighted by Crippen LogP contribution is 2.33. The second-order valence-corrected chi connectivity index (χ2v) is 9.20. The lowest BCUT2D eigenvalue weighted by atomic mass is 9.92. The largest absolute Gasteiger partial charge is 0.339 e. The highest BCUT2D eigenvalue weighted by molar-refractivity contribution is 5.94. The van der Waals surface area contributed by atoms with Crippen LogP contribution in [-0.2, 0) is 4.79 Å². The molecule has 1 aromatic rings. The SMILES string of the molecule is CC1CCCCN1C(=O)C(C1CCCC1)N1CCN(C(=O)c2cccc(F)c2)CC1. The molecule has 0 spiro atoms. The van der Waals surface area contributed by atoms with Crippen LogP contribution in [0.2, 0.25) is 0 Å². The van der Waals surface area contributed by atoms with Crippen LogP contribution in [0.4, 0.5) is 4.39 Å². The van der Waals surface area contributed by atoms with Gasteiger partial charge in [-0.05, 0) is 63.1 Å². The quantitative estimate of drug-likeness (QED) is 0.756. The molecule has 2 heterocycles. The summed E-state index contributed by atoms with van der Waals surface area (Å²) in [5.41, 5.74) is 0.397. The van der Waals surface area contributed by atoms with Crippen LogP contribution in [0.15, 0.2) is 24.3 Å². The van der Waals surface area contributed by atoms with Gasteiger partial charge in [-0.3, -0.25) is 14.5 Å². The number of hydrogen-bond acceptors (Lipinski definition) is 3. The molecule has 2 amide bonds. The minimum atomic E-state index is -0.387. The summed E-state index contributed by atoms with van der Waals surface area (Å²) in [6.45, 7) is 5.63. The summed E-state index contributed by atoms with van der Waals surface area (Å²) in [4.78, 5) is 32.7. The lowest BCUT2D eigenvalue weighted by Crippen LogP contribution is -2.60. The van der Waals surface area contributed by atoms with Gasteiger partial charge in [0.2, 0.25) is 5.91 Å². The van der Waals surface area contributed by atoms with Crippen molar-refractivity contribution in [1.82, 2.24) is 14.7 Å². The second-order valence-electron chi connectivity index (χ2n) is 9.20. The third-order valence-corrected chi connectivity index (χ3v) is 7.25. The van der Waals surface area contributed by atoms with E-state index in [0.29, 0.717) is 49.6 Å². The molecule has 2 unspecified atom stereocenters. The smallest absolute Gasteiger partial charge is 0.254 e. The Bertz CT molecular complexity index is 757. The molecule has 0 radical (unpaired) electrons. The van der Waals surface area contributed by atoms with E-state index in [-0.39, 0.29) is 17.8 Å². The van der Waals surface area contributed by atoms with Gasteiger partial charge in [-0.1, -0.05) is 18.9 Å². The Balaban J connectivity index is 1.44. The topological polar surface area (TPSA) is 43.9 Å². The van der Waals surface area contributed by atoms with Gasteiger partial charge >= 0.3 is 0 Å². The molecule has 164 valence electrons. The van der Waals surface area contributed by atoms with Crippen LogP contribution in [0.5, 0.6) is 0 Å². The first kappa shape index (κ1) is 21.3. The van der Waals surface area contributed by atoms with Gasteiger partial charge in [-0.2, -0.15) is 0 Å². The maximum atomic E-state index is 13.6. The standard InChI is InChI=1S/C24H34FN3O2/c1-18-7-4-5-12-28(18)24(30)22(19-8-2-3-9-19)26-13-15-27(16-14-26)23(29)20-10-6-11-21(25)17-20/h6,10-11,17-19,22H,2-5,7-9,12-16H2,1H3. The molecule has 1 aliphatic carbocycles. The van der Waals surface area contributed by atoms with E-state index in [2.05, 4.69) is 16.7 Å². The molecule has 2 saturated heterocycles. The number of piperazine rings is 1. The van der Waals surface area contributed by atoms with Crippen molar-refractivity contribution >= 4 is 11.8 Å². The van der Waals surface area contributed by atoms with E-state index < -0.39 is 0 Å². The van der Waals surface area contributed by atoms with E-state index in [9.17, 15) is 14.0 Å². The number of amides is 2. The Kier molecular flexibility index (Phi) is 6.71. The fourth-order valence-electron chi connectivity index (χ4n) is 5.53. The Hall–Kier alpha value is -1.95. The van der Waals surface area contributed by atoms with E-state index in [1.54, 1.807) is 17.0 Å². The molecule has 0 aromatic heterocycles. The van der Waals surface area contributed by atoms with Gasteiger partial charge in [0.1, 0.15) is 5.82 Å². The molecule has 4 rings (SSSR count). The summed E-state index contributed by atoms with van der Waals surface area (Å²) < 4.78 is 13.5. The molecule has 5 nitrogen and oxygen atoms in total. The van der Waals surface area contributed by atoms with E-state index in [1.807, 2.05) is 0 Å². The van der Waals surface area contributed by atoms with E-state index in [1.165, 1.54) is 31.4 Å². The Morgan fingerprint density at radius 2 is 1.67 bits per heavy atom. The first-order valence-electron chi connectivity index (χ1n) is 11.6. The van der Waals surface area contributed by atoms with Crippen LogP contribution in [0.1, 0.15) is 62.2 Å². The molecule has 1 saturated carbocycles. The molecule has 6 heteroatoms. The summed E-state index contributed by atoms with van der Waals surface area (Å²) in [6, 6.07) is 6.17. The number of carbonyl (C=O) groups is 2. The first-order valence-corrected chi connectivity index (χ1v) is 11.6. The molecule has 0 N–H and O–H groups in total. The molecule has 30 heavy (non-hydrogen) atoms. The summed E-state index contributed by atoms with van der Waals surface area (Å²) in [7, 11) is 0. The molecule has 3 fully saturated rings. The number of likely N-dealkylation sites (tertiary alicyclic amines) is 1. The number of nitrogens with zero attached hydrogens (tertiary/aromatic N) is 3. The maximum absolute atomic E-state index is 13.6. The van der Waals surface area contributed by atoms with Crippen molar-refractivity contribution in [2.24, 2.45) is 5.92 Å². The number of carbonyl (C=O) groups excluding carboxylic acids is 2. The number of hydrogen-bond donors (Lipinski definition) is 0. The lowest BCUT2D eigenvalue weighted by Gasteiger charge is -2.44. The molecular formula is C24H34FN3O2. The fraction of sp³-hybridized carbons (Fsp3) is 0.667. The summed E-state index contributed by atoms with van der Waals surface area (Å²) in [6.07, 6.45) is 8.08. The first-order chi connectivity index (χ1) is 14.5. The number of rotatable bonds is 4. The summed E-state index contributed by atoms with van der Waals surface area (Å²) in [5.74, 6) is 0.223. The minimum Gasteiger partial charge on any atom is -0.339 e. The van der Waals surface area contributed by atoms with Gasteiger partial charge < -0.3 is 9.80 Å². The van der Waals surface area contributed by atoms with Crippen molar-refractivity contribution in [3.8, 4) is 0 Å². The Morgan fingerprint density at radius 3 is 2.33 bits per heavy atom. The maximum Gasteiger partial charge on any atom is 0.254 e. The third kappa shape index (κ3) is 4.53. The fourth-order valence-corrected chi connectivity index (χ4v) is 5.53. The van der Waals surface area contributed by atoms with Gasteiger partial charge in [0.05, 0.1) is 6.04 Å². The highest BCUT2D eigenvalue weighted by Gasteiger charge is 2.40. The Labute approximate surface area is 179 Å². The van der Waals surface area contributed by atoms with Gasteiger partial charge in [0.15, 0.2) is 0 Å². The van der Waals surface area contributed by atoms with Crippen molar-refractivity contribution in [1.29, 1.82) is 0 Å². The summed E-state index contributed by atoms with van der Waals surface area (Å²) in [5, 5.41) is 0. The zero-order valence-corrected chi connectivity index (χ0v) is 18.1.